The number of furan rings is 1. The predicted molar refractivity (Wildman–Crippen MR) is 75.5 cm³/mol. The highest BCUT2D eigenvalue weighted by Crippen LogP contribution is 2.17. The average Bonchev–Trinajstić information content (AvgIpc) is 2.93. The van der Waals surface area contributed by atoms with Crippen LogP contribution in [0.25, 0.3) is 0 Å². The predicted octanol–water partition coefficient (Wildman–Crippen LogP) is 1.60. The molecule has 2 atom stereocenters. The third-order valence-corrected chi connectivity index (χ3v) is 3.06. The molecule has 0 aromatic carbocycles. The molecule has 0 radical (unpaired) electrons. The Labute approximate surface area is 119 Å². The lowest BCUT2D eigenvalue weighted by Gasteiger charge is -2.19. The molecule has 0 saturated heterocycles. The zero-order chi connectivity index (χ0) is 15.0. The van der Waals surface area contributed by atoms with Crippen molar-refractivity contribution in [2.24, 2.45) is 0 Å². The Hall–Kier alpha value is -1.53. The number of aliphatic hydroxyl groups excluding tert-OH is 1. The molecule has 0 spiro atoms. The fraction of sp³-hybridized carbons (Fsp3) is 0.643. The molecule has 1 heterocycles. The van der Waals surface area contributed by atoms with Gasteiger partial charge in [0.2, 0.25) is 0 Å². The fourth-order valence-electron chi connectivity index (χ4n) is 1.80. The molecule has 114 valence electrons. The zero-order valence-corrected chi connectivity index (χ0v) is 12.3. The molecule has 0 aliphatic rings. The van der Waals surface area contributed by atoms with Gasteiger partial charge in [0.1, 0.15) is 17.6 Å². The second-order valence-electron chi connectivity index (χ2n) is 4.57. The summed E-state index contributed by atoms with van der Waals surface area (Å²) in [6.07, 6.45) is 1.47. The minimum absolute atomic E-state index is 0.0837. The maximum absolute atomic E-state index is 11.9. The third-order valence-electron chi connectivity index (χ3n) is 3.06. The minimum atomic E-state index is -0.350. The van der Waals surface area contributed by atoms with E-state index in [9.17, 15) is 4.79 Å². The Morgan fingerprint density at radius 2 is 2.15 bits per heavy atom. The van der Waals surface area contributed by atoms with Crippen LogP contribution in [0.1, 0.15) is 37.8 Å². The number of amides is 2. The number of hydrogen-bond donors (Lipinski definition) is 3. The molecule has 6 heteroatoms. The molecule has 3 N–H and O–H groups in total. The van der Waals surface area contributed by atoms with Crippen LogP contribution in [0.5, 0.6) is 0 Å². The van der Waals surface area contributed by atoms with E-state index in [0.29, 0.717) is 18.8 Å². The van der Waals surface area contributed by atoms with Gasteiger partial charge in [0.05, 0.1) is 19.3 Å². The Bertz CT molecular complexity index is 402. The highest BCUT2D eigenvalue weighted by atomic mass is 16.5. The fourth-order valence-corrected chi connectivity index (χ4v) is 1.80. The number of rotatable bonds is 8. The number of aryl methyl sites for hydroxylation is 1. The standard InChI is InChI=1S/C14H24N2O4/c1-4-10(8-17)15-14(18)16-12(9-19-3)13-7-6-11(5-2)20-13/h6-7,10,12,17H,4-5,8-9H2,1-3H3,(H2,15,16,18). The number of ether oxygens (including phenoxy) is 1. The topological polar surface area (TPSA) is 83.7 Å². The Morgan fingerprint density at radius 3 is 2.65 bits per heavy atom. The number of nitrogens with one attached hydrogen (secondary N) is 2. The van der Waals surface area contributed by atoms with Gasteiger partial charge in [-0.2, -0.15) is 0 Å². The molecule has 1 aromatic rings. The van der Waals surface area contributed by atoms with Gasteiger partial charge in [-0.25, -0.2) is 4.79 Å². The Morgan fingerprint density at radius 1 is 1.40 bits per heavy atom. The molecule has 2 amide bonds. The van der Waals surface area contributed by atoms with Crippen molar-refractivity contribution in [3.05, 3.63) is 23.7 Å². The van der Waals surface area contributed by atoms with E-state index in [2.05, 4.69) is 10.6 Å². The van der Waals surface area contributed by atoms with Crippen molar-refractivity contribution in [2.75, 3.05) is 20.3 Å². The lowest BCUT2D eigenvalue weighted by atomic mass is 10.2. The highest BCUT2D eigenvalue weighted by Gasteiger charge is 2.19. The van der Waals surface area contributed by atoms with Crippen LogP contribution in [0.2, 0.25) is 0 Å². The summed E-state index contributed by atoms with van der Waals surface area (Å²) in [4.78, 5) is 11.9. The van der Waals surface area contributed by atoms with Crippen LogP contribution < -0.4 is 10.6 Å². The first-order valence-corrected chi connectivity index (χ1v) is 6.89. The monoisotopic (exact) mass is 284 g/mol. The molecular formula is C14H24N2O4. The second-order valence-corrected chi connectivity index (χ2v) is 4.57. The number of methoxy groups -OCH3 is 1. The van der Waals surface area contributed by atoms with Crippen molar-refractivity contribution >= 4 is 6.03 Å². The summed E-state index contributed by atoms with van der Waals surface area (Å²) < 4.78 is 10.7. The quantitative estimate of drug-likeness (QED) is 0.677. The van der Waals surface area contributed by atoms with Gasteiger partial charge < -0.3 is 24.9 Å². The Balaban J connectivity index is 2.64. The van der Waals surface area contributed by atoms with Gasteiger partial charge in [-0.3, -0.25) is 0 Å². The largest absolute Gasteiger partial charge is 0.464 e. The number of hydrogen-bond acceptors (Lipinski definition) is 4. The summed E-state index contributed by atoms with van der Waals surface area (Å²) in [5, 5.41) is 14.6. The summed E-state index contributed by atoms with van der Waals surface area (Å²) in [7, 11) is 1.57. The molecule has 1 aromatic heterocycles. The maximum atomic E-state index is 11.9. The van der Waals surface area contributed by atoms with Gasteiger partial charge in [-0.1, -0.05) is 13.8 Å². The first-order valence-electron chi connectivity index (χ1n) is 6.89. The van der Waals surface area contributed by atoms with Crippen molar-refractivity contribution < 1.29 is 19.1 Å². The summed E-state index contributed by atoms with van der Waals surface area (Å²) in [5.74, 6) is 1.53. The Kier molecular flexibility index (Phi) is 7.11. The number of urea groups is 1. The maximum Gasteiger partial charge on any atom is 0.315 e. The van der Waals surface area contributed by atoms with Crippen LogP contribution in [0, 0.1) is 0 Å². The number of carbonyl (C=O) groups excluding carboxylic acids is 1. The van der Waals surface area contributed by atoms with E-state index in [1.54, 1.807) is 7.11 Å². The van der Waals surface area contributed by atoms with Crippen LogP contribution in [0.3, 0.4) is 0 Å². The van der Waals surface area contributed by atoms with E-state index in [0.717, 1.165) is 12.2 Å². The molecule has 2 unspecified atom stereocenters. The third kappa shape index (κ3) is 4.86. The lowest BCUT2D eigenvalue weighted by molar-refractivity contribution is 0.154. The number of aliphatic hydroxyl groups is 1. The normalized spacial score (nSPS) is 13.8. The summed E-state index contributed by atoms with van der Waals surface area (Å²) in [6, 6.07) is 2.78. The van der Waals surface area contributed by atoms with Crippen LogP contribution in [0.15, 0.2) is 16.5 Å². The smallest absolute Gasteiger partial charge is 0.315 e. The van der Waals surface area contributed by atoms with Crippen molar-refractivity contribution in [1.82, 2.24) is 10.6 Å². The highest BCUT2D eigenvalue weighted by molar-refractivity contribution is 5.74. The van der Waals surface area contributed by atoms with Gasteiger partial charge in [0, 0.05) is 13.5 Å². The van der Waals surface area contributed by atoms with Crippen LogP contribution >= 0.6 is 0 Å². The van der Waals surface area contributed by atoms with Crippen molar-refractivity contribution in [3.8, 4) is 0 Å². The van der Waals surface area contributed by atoms with E-state index in [1.807, 2.05) is 26.0 Å². The second kappa shape index (κ2) is 8.60. The van der Waals surface area contributed by atoms with E-state index in [-0.39, 0.29) is 24.7 Å². The summed E-state index contributed by atoms with van der Waals surface area (Å²) in [6.45, 7) is 4.13. The van der Waals surface area contributed by atoms with E-state index < -0.39 is 0 Å². The average molecular weight is 284 g/mol. The first-order chi connectivity index (χ1) is 9.64. The van der Waals surface area contributed by atoms with Gasteiger partial charge in [0.25, 0.3) is 0 Å². The van der Waals surface area contributed by atoms with Gasteiger partial charge in [0.15, 0.2) is 0 Å². The molecule has 0 aliphatic heterocycles. The molecule has 6 nitrogen and oxygen atoms in total. The summed E-state index contributed by atoms with van der Waals surface area (Å²) >= 11 is 0. The summed E-state index contributed by atoms with van der Waals surface area (Å²) in [5.41, 5.74) is 0. The first kappa shape index (κ1) is 16.5. The van der Waals surface area contributed by atoms with E-state index >= 15 is 0 Å². The molecular weight excluding hydrogens is 260 g/mol. The van der Waals surface area contributed by atoms with Crippen LogP contribution in [0.4, 0.5) is 4.79 Å². The van der Waals surface area contributed by atoms with Gasteiger partial charge in [-0.15, -0.1) is 0 Å². The van der Waals surface area contributed by atoms with Crippen LogP contribution in [-0.2, 0) is 11.2 Å². The molecule has 0 fully saturated rings. The molecule has 1 rings (SSSR count). The molecule has 20 heavy (non-hydrogen) atoms. The van der Waals surface area contributed by atoms with Crippen LogP contribution in [-0.4, -0.2) is 37.5 Å². The van der Waals surface area contributed by atoms with Crippen molar-refractivity contribution in [3.63, 3.8) is 0 Å². The molecule has 0 saturated carbocycles. The lowest BCUT2D eigenvalue weighted by Crippen LogP contribution is -2.45. The molecule has 0 aliphatic carbocycles. The van der Waals surface area contributed by atoms with Gasteiger partial charge >= 0.3 is 6.03 Å². The van der Waals surface area contributed by atoms with E-state index in [4.69, 9.17) is 14.3 Å². The van der Waals surface area contributed by atoms with Crippen molar-refractivity contribution in [1.29, 1.82) is 0 Å². The SMILES string of the molecule is CCc1ccc(C(COC)NC(=O)NC(CC)CO)o1. The minimum Gasteiger partial charge on any atom is -0.464 e. The zero-order valence-electron chi connectivity index (χ0n) is 12.3. The molecule has 0 bridgehead atoms. The number of carbonyl (C=O) groups is 1. The van der Waals surface area contributed by atoms with E-state index in [1.165, 1.54) is 0 Å². The van der Waals surface area contributed by atoms with Crippen molar-refractivity contribution in [2.45, 2.75) is 38.8 Å². The van der Waals surface area contributed by atoms with Gasteiger partial charge in [-0.05, 0) is 18.6 Å².